The second kappa shape index (κ2) is 7.93. The second-order valence-corrected chi connectivity index (χ2v) is 8.58. The number of aliphatic hydroxyl groups excluding tert-OH is 1. The molecular weight excluding hydrogens is 395 g/mol. The van der Waals surface area contributed by atoms with Crippen LogP contribution in [0, 0.1) is 5.82 Å². The molecule has 0 spiro atoms. The Labute approximate surface area is 180 Å². The summed E-state index contributed by atoms with van der Waals surface area (Å²) in [6, 6.07) is 13.4. The van der Waals surface area contributed by atoms with Crippen LogP contribution >= 0.6 is 0 Å². The number of allylic oxidation sites excluding steroid dienone is 2. The number of aliphatic hydroxyl groups is 1. The van der Waals surface area contributed by atoms with Gasteiger partial charge < -0.3 is 14.9 Å². The van der Waals surface area contributed by atoms with E-state index in [4.69, 9.17) is 0 Å². The van der Waals surface area contributed by atoms with E-state index in [0.717, 1.165) is 18.4 Å². The molecule has 2 aromatic carbocycles. The number of fused-ring (bicyclic) bond motifs is 1. The number of hydrogen-bond acceptors (Lipinski definition) is 3. The fourth-order valence-corrected chi connectivity index (χ4v) is 5.28. The Morgan fingerprint density at radius 3 is 2.48 bits per heavy atom. The Hall–Kier alpha value is -2.99. The van der Waals surface area contributed by atoms with Crippen LogP contribution in [0.2, 0.25) is 0 Å². The van der Waals surface area contributed by atoms with Crippen molar-refractivity contribution in [3.8, 4) is 0 Å². The van der Waals surface area contributed by atoms with Gasteiger partial charge in [-0.3, -0.25) is 9.59 Å². The summed E-state index contributed by atoms with van der Waals surface area (Å²) in [4.78, 5) is 28.9. The van der Waals surface area contributed by atoms with Crippen molar-refractivity contribution >= 4 is 17.4 Å². The van der Waals surface area contributed by atoms with Gasteiger partial charge in [0.05, 0.1) is 18.7 Å². The lowest BCUT2D eigenvalue weighted by Gasteiger charge is -2.58. The molecule has 0 radical (unpaired) electrons. The lowest BCUT2D eigenvalue weighted by Crippen LogP contribution is -2.73. The number of carbonyl (C=O) groups excluding carboxylic acids is 2. The van der Waals surface area contributed by atoms with Crippen molar-refractivity contribution in [2.24, 2.45) is 0 Å². The highest BCUT2D eigenvalue weighted by atomic mass is 19.1. The number of piperazine rings is 1. The highest BCUT2D eigenvalue weighted by Crippen LogP contribution is 2.43. The van der Waals surface area contributed by atoms with Gasteiger partial charge in [0.1, 0.15) is 12.4 Å². The summed E-state index contributed by atoms with van der Waals surface area (Å²) in [6.07, 6.45) is 5.72. The van der Waals surface area contributed by atoms with Crippen molar-refractivity contribution in [3.05, 3.63) is 77.1 Å². The van der Waals surface area contributed by atoms with E-state index in [-0.39, 0.29) is 43.0 Å². The summed E-state index contributed by atoms with van der Waals surface area (Å²) in [5.74, 6) is -0.860. The van der Waals surface area contributed by atoms with Gasteiger partial charge in [-0.2, -0.15) is 0 Å². The third-order valence-electron chi connectivity index (χ3n) is 6.84. The van der Waals surface area contributed by atoms with E-state index in [2.05, 4.69) is 30.3 Å². The maximum absolute atomic E-state index is 13.2. The molecule has 0 saturated carbocycles. The van der Waals surface area contributed by atoms with Crippen LogP contribution in [0.4, 0.5) is 4.39 Å². The zero-order valence-electron chi connectivity index (χ0n) is 17.2. The first kappa shape index (κ1) is 19.9. The second-order valence-electron chi connectivity index (χ2n) is 8.58. The molecule has 0 aromatic heterocycles. The molecule has 2 aromatic rings. The van der Waals surface area contributed by atoms with E-state index in [1.54, 1.807) is 4.90 Å². The van der Waals surface area contributed by atoms with Crippen molar-refractivity contribution in [1.29, 1.82) is 0 Å². The number of amides is 2. The Morgan fingerprint density at radius 2 is 1.84 bits per heavy atom. The molecule has 5 rings (SSSR count). The zero-order valence-corrected chi connectivity index (χ0v) is 17.2. The minimum absolute atomic E-state index is 0.0237. The molecule has 2 heterocycles. The largest absolute Gasteiger partial charge is 0.394 e. The maximum atomic E-state index is 13.2. The van der Waals surface area contributed by atoms with E-state index in [9.17, 15) is 19.1 Å². The van der Waals surface area contributed by atoms with Gasteiger partial charge >= 0.3 is 0 Å². The number of halogens is 1. The summed E-state index contributed by atoms with van der Waals surface area (Å²) in [5, 5.41) is 9.96. The molecule has 160 valence electrons. The highest BCUT2D eigenvalue weighted by molar-refractivity contribution is 5.97. The summed E-state index contributed by atoms with van der Waals surface area (Å²) in [6.45, 7) is 0.269. The van der Waals surface area contributed by atoms with Gasteiger partial charge in [0.2, 0.25) is 5.91 Å². The standard InChI is InChI=1S/C25H25FN2O3/c26-20-11-9-19(10-12-20)25(31)27-13-21-24(22(15-29)28(21)23(30)14-27)18-7-5-17(6-8-18)16-3-1-2-4-16/h3,5-12,21-22,24,29H,1-2,4,13-15H2/t21-,22-,24+/m0/s1. The third-order valence-corrected chi connectivity index (χ3v) is 6.84. The maximum Gasteiger partial charge on any atom is 0.254 e. The van der Waals surface area contributed by atoms with E-state index < -0.39 is 5.82 Å². The van der Waals surface area contributed by atoms with Gasteiger partial charge in [-0.25, -0.2) is 4.39 Å². The minimum atomic E-state index is -0.404. The van der Waals surface area contributed by atoms with Crippen LogP contribution in [0.25, 0.3) is 5.57 Å². The quantitative estimate of drug-likeness (QED) is 0.826. The Bertz CT molecular complexity index is 1030. The molecule has 3 aliphatic rings. The van der Waals surface area contributed by atoms with E-state index >= 15 is 0 Å². The molecule has 31 heavy (non-hydrogen) atoms. The number of hydrogen-bond donors (Lipinski definition) is 1. The molecular formula is C25H25FN2O3. The van der Waals surface area contributed by atoms with Crippen molar-refractivity contribution in [1.82, 2.24) is 9.80 Å². The molecule has 1 N–H and O–H groups in total. The van der Waals surface area contributed by atoms with Crippen molar-refractivity contribution in [2.45, 2.75) is 37.3 Å². The first-order valence-electron chi connectivity index (χ1n) is 10.8. The predicted molar refractivity (Wildman–Crippen MR) is 115 cm³/mol. The summed E-state index contributed by atoms with van der Waals surface area (Å²) in [5.41, 5.74) is 4.05. The molecule has 1 aliphatic carbocycles. The summed E-state index contributed by atoms with van der Waals surface area (Å²) >= 11 is 0. The number of benzene rings is 2. The Morgan fingerprint density at radius 1 is 1.10 bits per heavy atom. The van der Waals surface area contributed by atoms with Gasteiger partial charge in [0.25, 0.3) is 5.91 Å². The molecule has 3 atom stereocenters. The minimum Gasteiger partial charge on any atom is -0.394 e. The van der Waals surface area contributed by atoms with Crippen molar-refractivity contribution in [2.75, 3.05) is 19.7 Å². The smallest absolute Gasteiger partial charge is 0.254 e. The van der Waals surface area contributed by atoms with Gasteiger partial charge in [-0.1, -0.05) is 30.3 Å². The molecule has 0 unspecified atom stereocenters. The summed E-state index contributed by atoms with van der Waals surface area (Å²) in [7, 11) is 0. The van der Waals surface area contributed by atoms with Gasteiger partial charge in [-0.05, 0) is 60.2 Å². The average Bonchev–Trinajstić information content (AvgIpc) is 3.30. The lowest BCUT2D eigenvalue weighted by atomic mass is 9.73. The van der Waals surface area contributed by atoms with Crippen LogP contribution in [0.3, 0.4) is 0 Å². The van der Waals surface area contributed by atoms with Crippen LogP contribution in [0.15, 0.2) is 54.6 Å². The van der Waals surface area contributed by atoms with Gasteiger partial charge in [-0.15, -0.1) is 0 Å². The topological polar surface area (TPSA) is 60.9 Å². The Kier molecular flexibility index (Phi) is 5.10. The van der Waals surface area contributed by atoms with Crippen LogP contribution in [0.1, 0.15) is 46.7 Å². The fraction of sp³-hybridized carbons (Fsp3) is 0.360. The highest BCUT2D eigenvalue weighted by Gasteiger charge is 2.54. The molecule has 2 amide bonds. The van der Waals surface area contributed by atoms with E-state index in [0.29, 0.717) is 12.1 Å². The molecule has 6 heteroatoms. The van der Waals surface area contributed by atoms with E-state index in [1.807, 2.05) is 0 Å². The first-order valence-corrected chi connectivity index (χ1v) is 10.8. The van der Waals surface area contributed by atoms with Crippen LogP contribution in [0.5, 0.6) is 0 Å². The Balaban J connectivity index is 1.37. The average molecular weight is 420 g/mol. The van der Waals surface area contributed by atoms with Crippen LogP contribution < -0.4 is 0 Å². The number of rotatable bonds is 4. The molecule has 2 aliphatic heterocycles. The normalized spacial score (nSPS) is 25.2. The predicted octanol–water partition coefficient (Wildman–Crippen LogP) is 3.20. The molecule has 2 fully saturated rings. The molecule has 5 nitrogen and oxygen atoms in total. The first-order chi connectivity index (χ1) is 15.1. The van der Waals surface area contributed by atoms with Crippen LogP contribution in [-0.2, 0) is 4.79 Å². The monoisotopic (exact) mass is 420 g/mol. The van der Waals surface area contributed by atoms with Gasteiger partial charge in [0.15, 0.2) is 0 Å². The number of carbonyl (C=O) groups is 2. The van der Waals surface area contributed by atoms with Crippen LogP contribution in [-0.4, -0.2) is 58.5 Å². The molecule has 2 saturated heterocycles. The summed E-state index contributed by atoms with van der Waals surface area (Å²) < 4.78 is 13.2. The third kappa shape index (κ3) is 3.45. The zero-order chi connectivity index (χ0) is 21.5. The molecule has 0 bridgehead atoms. The fourth-order valence-electron chi connectivity index (χ4n) is 5.28. The lowest BCUT2D eigenvalue weighted by molar-refractivity contribution is -0.159. The van der Waals surface area contributed by atoms with E-state index in [1.165, 1.54) is 46.7 Å². The number of nitrogens with zero attached hydrogens (tertiary/aromatic N) is 2. The SMILES string of the molecule is O=C(c1ccc(F)cc1)N1CC(=O)N2[C@@H](CO)[C@H](c3ccc(C4=CCCC4)cc3)[C@@H]2C1. The van der Waals surface area contributed by atoms with Crippen molar-refractivity contribution < 1.29 is 19.1 Å². The van der Waals surface area contributed by atoms with Crippen molar-refractivity contribution in [3.63, 3.8) is 0 Å². The van der Waals surface area contributed by atoms with Gasteiger partial charge in [0, 0.05) is 18.0 Å².